The van der Waals surface area contributed by atoms with E-state index in [0.717, 1.165) is 0 Å². The molecule has 0 aromatic heterocycles. The van der Waals surface area contributed by atoms with Gasteiger partial charge in [0.1, 0.15) is 0 Å². The molecule has 0 heterocycles. The van der Waals surface area contributed by atoms with Gasteiger partial charge in [0.15, 0.2) is 0 Å². The van der Waals surface area contributed by atoms with Crippen molar-refractivity contribution < 1.29 is 38.1 Å². The molecule has 0 saturated heterocycles. The summed E-state index contributed by atoms with van der Waals surface area (Å²) in [4.78, 5) is 21.6. The fraction of sp³-hybridized carbons (Fsp3) is 0. The molecule has 0 rings (SSSR count). The molecule has 4 nitrogen and oxygen atoms in total. The molecule has 0 aliphatic carbocycles. The van der Waals surface area contributed by atoms with Crippen LogP contribution < -0.4 is 18.9 Å². The SMILES string of the molecule is O=P(O)(O)O.[Ca+2].[Li+].[S+2]. The first-order chi connectivity index (χ1) is 2.00. The number of hydrogen-bond donors (Lipinski definition) is 3. The van der Waals surface area contributed by atoms with Crippen LogP contribution >= 0.6 is 7.82 Å². The summed E-state index contributed by atoms with van der Waals surface area (Å²) >= 11 is 0. The minimum absolute atomic E-state index is 0. The fourth-order valence-corrected chi connectivity index (χ4v) is 0. The summed E-state index contributed by atoms with van der Waals surface area (Å²) in [6.07, 6.45) is 0. The van der Waals surface area contributed by atoms with Crippen LogP contribution in [0.1, 0.15) is 0 Å². The Balaban J connectivity index is -0.0000000267. The third-order valence-electron chi connectivity index (χ3n) is 0. The van der Waals surface area contributed by atoms with Crippen LogP contribution in [0.25, 0.3) is 0 Å². The van der Waals surface area contributed by atoms with Crippen LogP contribution in [-0.4, -0.2) is 52.4 Å². The van der Waals surface area contributed by atoms with Crippen molar-refractivity contribution in [2.24, 2.45) is 0 Å². The zero-order chi connectivity index (χ0) is 4.50. The molecule has 0 saturated carbocycles. The molecule has 0 amide bonds. The zero-order valence-electron chi connectivity index (χ0n) is 4.31. The van der Waals surface area contributed by atoms with Gasteiger partial charge in [-0.2, -0.15) is 0 Å². The zero-order valence-corrected chi connectivity index (χ0v) is 8.23. The Hall–Kier alpha value is 2.32. The molecule has 0 atom stereocenters. The summed E-state index contributed by atoms with van der Waals surface area (Å²) in [7, 11) is -4.64. The van der Waals surface area contributed by atoms with E-state index < -0.39 is 7.82 Å². The van der Waals surface area contributed by atoms with Crippen molar-refractivity contribution in [3.05, 3.63) is 0 Å². The van der Waals surface area contributed by atoms with Crippen LogP contribution in [0.5, 0.6) is 0 Å². The molecule has 0 fully saturated rings. The molecule has 0 aromatic rings. The fourth-order valence-electron chi connectivity index (χ4n) is 0. The van der Waals surface area contributed by atoms with Crippen molar-refractivity contribution >= 4 is 59.1 Å². The van der Waals surface area contributed by atoms with Crippen LogP contribution in [0, 0.1) is 0 Å². The van der Waals surface area contributed by atoms with Crippen LogP contribution in [0.2, 0.25) is 0 Å². The van der Waals surface area contributed by atoms with Crippen LogP contribution in [0.3, 0.4) is 0 Å². The van der Waals surface area contributed by atoms with E-state index in [1.165, 1.54) is 0 Å². The average Bonchev–Trinajstić information content (AvgIpc) is 0.722. The molecule has 8 heavy (non-hydrogen) atoms. The maximum absolute atomic E-state index is 8.88. The first-order valence-electron chi connectivity index (χ1n) is 0.783. The Morgan fingerprint density at radius 2 is 1.12 bits per heavy atom. The number of phosphoric acid groups is 1. The molecule has 8 heteroatoms. The Morgan fingerprint density at radius 1 is 1.12 bits per heavy atom. The van der Waals surface area contributed by atoms with Gasteiger partial charge in [0, 0.05) is 0 Å². The van der Waals surface area contributed by atoms with Gasteiger partial charge < -0.3 is 14.7 Å². The Kier molecular flexibility index (Phi) is 26.1. The molecular formula is H3CaLiO4PS+5. The Bertz CT molecular complexity index is 62.2. The quantitative estimate of drug-likeness (QED) is 0.258. The predicted octanol–water partition coefficient (Wildman–Crippen LogP) is -4.31. The summed E-state index contributed by atoms with van der Waals surface area (Å²) < 4.78 is 8.88. The molecule has 0 aliphatic rings. The second kappa shape index (κ2) is 9.32. The van der Waals surface area contributed by atoms with Gasteiger partial charge in [0.2, 0.25) is 0 Å². The summed E-state index contributed by atoms with van der Waals surface area (Å²) in [5.41, 5.74) is 0. The van der Waals surface area contributed by atoms with Gasteiger partial charge in [-0.05, 0) is 0 Å². The van der Waals surface area contributed by atoms with Crippen LogP contribution in [0.4, 0.5) is 0 Å². The maximum Gasteiger partial charge on any atom is 2.00 e. The molecule has 0 aliphatic heterocycles. The summed E-state index contributed by atoms with van der Waals surface area (Å²) in [6.45, 7) is 0. The smallest absolute Gasteiger partial charge is 0.303 e. The Labute approximate surface area is 95.9 Å². The third-order valence-corrected chi connectivity index (χ3v) is 0. The van der Waals surface area contributed by atoms with Crippen molar-refractivity contribution in [3.63, 3.8) is 0 Å². The van der Waals surface area contributed by atoms with Crippen LogP contribution in [0.15, 0.2) is 0 Å². The van der Waals surface area contributed by atoms with Gasteiger partial charge in [-0.1, -0.05) is 0 Å². The van der Waals surface area contributed by atoms with E-state index in [2.05, 4.69) is 0 Å². The van der Waals surface area contributed by atoms with Gasteiger partial charge in [-0.3, -0.25) is 0 Å². The first-order valence-corrected chi connectivity index (χ1v) is 2.35. The van der Waals surface area contributed by atoms with Gasteiger partial charge >= 0.3 is 77.9 Å². The molecule has 0 bridgehead atoms. The normalized spacial score (nSPS) is 7.38. The van der Waals surface area contributed by atoms with Crippen molar-refractivity contribution in [2.75, 3.05) is 0 Å². The van der Waals surface area contributed by atoms with E-state index in [1.807, 2.05) is 0 Å². The maximum atomic E-state index is 8.88. The van der Waals surface area contributed by atoms with E-state index in [1.54, 1.807) is 0 Å². The Morgan fingerprint density at radius 3 is 1.12 bits per heavy atom. The monoisotopic (exact) mass is 177 g/mol. The molecule has 0 spiro atoms. The number of hydrogen-bond acceptors (Lipinski definition) is 1. The number of rotatable bonds is 0. The minimum atomic E-state index is -4.64. The summed E-state index contributed by atoms with van der Waals surface area (Å²) in [6, 6.07) is 0. The summed E-state index contributed by atoms with van der Waals surface area (Å²) in [5.74, 6) is 0. The van der Waals surface area contributed by atoms with Crippen molar-refractivity contribution in [1.82, 2.24) is 0 Å². The van der Waals surface area contributed by atoms with E-state index in [9.17, 15) is 0 Å². The second-order valence-corrected chi connectivity index (χ2v) is 1.54. The molecule has 0 unspecified atom stereocenters. The average molecular weight is 177 g/mol. The van der Waals surface area contributed by atoms with Crippen molar-refractivity contribution in [2.45, 2.75) is 0 Å². The first kappa shape index (κ1) is 22.4. The van der Waals surface area contributed by atoms with E-state index in [0.29, 0.717) is 0 Å². The van der Waals surface area contributed by atoms with Crippen LogP contribution in [-0.2, 0) is 18.1 Å². The van der Waals surface area contributed by atoms with Gasteiger partial charge in [0.05, 0.1) is 0 Å². The topological polar surface area (TPSA) is 77.8 Å². The van der Waals surface area contributed by atoms with Crippen molar-refractivity contribution in [3.8, 4) is 0 Å². The summed E-state index contributed by atoms with van der Waals surface area (Å²) in [5, 5.41) is 0. The minimum Gasteiger partial charge on any atom is -0.303 e. The predicted molar refractivity (Wildman–Crippen MR) is 27.4 cm³/mol. The molecule has 36 valence electrons. The van der Waals surface area contributed by atoms with E-state index in [-0.39, 0.29) is 70.1 Å². The van der Waals surface area contributed by atoms with Gasteiger partial charge in [0.25, 0.3) is 0 Å². The molecule has 0 aromatic carbocycles. The van der Waals surface area contributed by atoms with E-state index >= 15 is 0 Å². The standard InChI is InChI=1S/Ca.Li.H3O4P.S/c;;1-5(2,3)4;/h;;(H3,1,2,3,4);/q+2;+1;;+2. The molecule has 4 radical (unpaired) electrons. The van der Waals surface area contributed by atoms with E-state index in [4.69, 9.17) is 19.2 Å². The molecule has 3 N–H and O–H groups in total. The van der Waals surface area contributed by atoms with Gasteiger partial charge in [-0.25, -0.2) is 4.57 Å². The van der Waals surface area contributed by atoms with Crippen molar-refractivity contribution in [1.29, 1.82) is 0 Å². The second-order valence-electron chi connectivity index (χ2n) is 0.513. The molecular weight excluding hydrogens is 174 g/mol. The van der Waals surface area contributed by atoms with Gasteiger partial charge in [-0.15, -0.1) is 0 Å². The third kappa shape index (κ3) is 82.9. The largest absolute Gasteiger partial charge is 2.00 e.